The van der Waals surface area contributed by atoms with Gasteiger partial charge in [0.05, 0.1) is 0 Å². The average molecular weight is 668 g/mol. The standard InChI is InChI=1S/C45H81NO2/c1-7-8-9-10-11-12-13-14-15-16-17-18-32-46-33-20-23-43(47)48-38-28-30-44(5)37(34-38)24-25-39-41-27-26-40(36(4)22-19-21-35(2)3)45(41,6)31-29-42(39)44/h24,35-36,38-42,46H,7-23,25-34H2,1-6H3/t36-,38+,39+,40-,41+,42+,44+,45-/m1/s1. The summed E-state index contributed by atoms with van der Waals surface area (Å²) in [5.41, 5.74) is 2.51. The molecule has 0 amide bonds. The lowest BCUT2D eigenvalue weighted by Gasteiger charge is -2.58. The number of ether oxygens (including phenoxy) is 1. The molecule has 0 spiro atoms. The van der Waals surface area contributed by atoms with E-state index in [1.54, 1.807) is 5.57 Å². The van der Waals surface area contributed by atoms with Crippen LogP contribution in [0.25, 0.3) is 0 Å². The third-order valence-corrected chi connectivity index (χ3v) is 14.5. The van der Waals surface area contributed by atoms with Gasteiger partial charge in [-0.05, 0) is 117 Å². The van der Waals surface area contributed by atoms with Gasteiger partial charge in [-0.3, -0.25) is 4.79 Å². The van der Waals surface area contributed by atoms with Crippen LogP contribution in [-0.4, -0.2) is 25.2 Å². The largest absolute Gasteiger partial charge is 0.462 e. The van der Waals surface area contributed by atoms with E-state index >= 15 is 0 Å². The Bertz CT molecular complexity index is 957. The van der Waals surface area contributed by atoms with E-state index in [0.29, 0.717) is 17.3 Å². The summed E-state index contributed by atoms with van der Waals surface area (Å²) in [4.78, 5) is 12.8. The number of fused-ring (bicyclic) bond motifs is 5. The van der Waals surface area contributed by atoms with Crippen molar-refractivity contribution in [2.75, 3.05) is 13.1 Å². The number of carbonyl (C=O) groups excluding carboxylic acids is 1. The fourth-order valence-electron chi connectivity index (χ4n) is 11.6. The second-order valence-electron chi connectivity index (χ2n) is 18.4. The van der Waals surface area contributed by atoms with Crippen molar-refractivity contribution >= 4 is 5.97 Å². The molecule has 3 saturated carbocycles. The maximum Gasteiger partial charge on any atom is 0.306 e. The minimum absolute atomic E-state index is 0.0259. The minimum Gasteiger partial charge on any atom is -0.462 e. The number of rotatable bonds is 23. The Morgan fingerprint density at radius 1 is 0.792 bits per heavy atom. The highest BCUT2D eigenvalue weighted by atomic mass is 16.5. The van der Waals surface area contributed by atoms with E-state index in [2.05, 4.69) is 52.9 Å². The minimum atomic E-state index is 0.0259. The second-order valence-corrected chi connectivity index (χ2v) is 18.4. The molecule has 0 bridgehead atoms. The lowest BCUT2D eigenvalue weighted by Crippen LogP contribution is -2.51. The molecule has 0 aliphatic heterocycles. The smallest absolute Gasteiger partial charge is 0.306 e. The summed E-state index contributed by atoms with van der Waals surface area (Å²) in [6.07, 6.45) is 35.4. The first-order valence-electron chi connectivity index (χ1n) is 21.8. The van der Waals surface area contributed by atoms with Crippen molar-refractivity contribution in [1.29, 1.82) is 0 Å². The highest BCUT2D eigenvalue weighted by Gasteiger charge is 2.59. The van der Waals surface area contributed by atoms with Crippen LogP contribution in [0.2, 0.25) is 0 Å². The zero-order valence-corrected chi connectivity index (χ0v) is 33.0. The second kappa shape index (κ2) is 20.3. The lowest BCUT2D eigenvalue weighted by atomic mass is 9.47. The Morgan fingerprint density at radius 3 is 2.15 bits per heavy atom. The maximum absolute atomic E-state index is 12.8. The summed E-state index contributed by atoms with van der Waals surface area (Å²) < 4.78 is 6.11. The molecule has 4 aliphatic rings. The summed E-state index contributed by atoms with van der Waals surface area (Å²) in [5, 5.41) is 3.57. The van der Waals surface area contributed by atoms with Crippen molar-refractivity contribution in [3.8, 4) is 0 Å². The number of carbonyl (C=O) groups is 1. The van der Waals surface area contributed by atoms with Crippen molar-refractivity contribution in [3.63, 3.8) is 0 Å². The highest BCUT2D eigenvalue weighted by Crippen LogP contribution is 2.67. The van der Waals surface area contributed by atoms with E-state index in [1.807, 2.05) is 0 Å². The van der Waals surface area contributed by atoms with Crippen LogP contribution in [0.5, 0.6) is 0 Å². The number of hydrogen-bond acceptors (Lipinski definition) is 3. The van der Waals surface area contributed by atoms with Gasteiger partial charge in [-0.1, -0.05) is 143 Å². The molecular formula is C45H81NO2. The molecule has 0 radical (unpaired) electrons. The first-order chi connectivity index (χ1) is 23.2. The molecule has 0 saturated heterocycles. The summed E-state index contributed by atoms with van der Waals surface area (Å²) in [5.74, 6) is 5.27. The Kier molecular flexibility index (Phi) is 16.9. The summed E-state index contributed by atoms with van der Waals surface area (Å²) in [7, 11) is 0. The average Bonchev–Trinajstić information content (AvgIpc) is 3.42. The SMILES string of the molecule is CCCCCCCCCCCCCCNCCCC(=O)O[C@H]1CC[C@@]2(C)C(=CC[C@H]3[C@@H]4CC[C@H]([C@H](C)CCCC(C)C)[C@@]4(C)CC[C@@H]32)C1. The Morgan fingerprint density at radius 2 is 1.46 bits per heavy atom. The van der Waals surface area contributed by atoms with E-state index in [1.165, 1.54) is 135 Å². The summed E-state index contributed by atoms with van der Waals surface area (Å²) in [6, 6.07) is 0. The number of hydrogen-bond donors (Lipinski definition) is 1. The number of allylic oxidation sites excluding steroid dienone is 1. The zero-order chi connectivity index (χ0) is 34.4. The third kappa shape index (κ3) is 11.1. The van der Waals surface area contributed by atoms with E-state index < -0.39 is 0 Å². The van der Waals surface area contributed by atoms with Crippen LogP contribution in [0.3, 0.4) is 0 Å². The van der Waals surface area contributed by atoms with Gasteiger partial charge in [0.25, 0.3) is 0 Å². The first-order valence-corrected chi connectivity index (χ1v) is 21.8. The van der Waals surface area contributed by atoms with Crippen molar-refractivity contribution < 1.29 is 9.53 Å². The predicted molar refractivity (Wildman–Crippen MR) is 206 cm³/mol. The topological polar surface area (TPSA) is 38.3 Å². The van der Waals surface area contributed by atoms with Gasteiger partial charge in [-0.2, -0.15) is 0 Å². The van der Waals surface area contributed by atoms with Crippen molar-refractivity contribution in [2.24, 2.45) is 46.3 Å². The van der Waals surface area contributed by atoms with E-state index in [0.717, 1.165) is 67.9 Å². The molecule has 0 aromatic heterocycles. The zero-order valence-electron chi connectivity index (χ0n) is 33.0. The van der Waals surface area contributed by atoms with Crippen LogP contribution in [-0.2, 0) is 9.53 Å². The molecule has 8 atom stereocenters. The monoisotopic (exact) mass is 668 g/mol. The van der Waals surface area contributed by atoms with E-state index in [-0.39, 0.29) is 12.1 Å². The molecule has 0 heterocycles. The molecule has 4 aliphatic carbocycles. The normalized spacial score (nSPS) is 32.0. The van der Waals surface area contributed by atoms with Crippen LogP contribution in [0.4, 0.5) is 0 Å². The third-order valence-electron chi connectivity index (χ3n) is 14.5. The van der Waals surface area contributed by atoms with Gasteiger partial charge >= 0.3 is 5.97 Å². The Hall–Kier alpha value is -0.830. The van der Waals surface area contributed by atoms with Gasteiger partial charge in [-0.15, -0.1) is 0 Å². The van der Waals surface area contributed by atoms with Crippen LogP contribution in [0, 0.1) is 46.3 Å². The van der Waals surface area contributed by atoms with Crippen molar-refractivity contribution in [3.05, 3.63) is 11.6 Å². The van der Waals surface area contributed by atoms with Gasteiger partial charge in [0.2, 0.25) is 0 Å². The molecule has 0 aromatic carbocycles. The fourth-order valence-corrected chi connectivity index (χ4v) is 11.6. The van der Waals surface area contributed by atoms with E-state index in [9.17, 15) is 4.79 Å². The predicted octanol–water partition coefficient (Wildman–Crippen LogP) is 13.0. The van der Waals surface area contributed by atoms with E-state index in [4.69, 9.17) is 4.74 Å². The van der Waals surface area contributed by atoms with Crippen LogP contribution < -0.4 is 5.32 Å². The molecule has 3 heteroatoms. The molecular weight excluding hydrogens is 587 g/mol. The van der Waals surface area contributed by atoms with Crippen LogP contribution in [0.1, 0.15) is 202 Å². The summed E-state index contributed by atoms with van der Waals surface area (Å²) >= 11 is 0. The van der Waals surface area contributed by atoms with Gasteiger partial charge in [-0.25, -0.2) is 0 Å². The number of esters is 1. The Labute approximate surface area is 299 Å². The number of unbranched alkanes of at least 4 members (excludes halogenated alkanes) is 11. The van der Waals surface area contributed by atoms with Crippen molar-refractivity contribution in [2.45, 2.75) is 208 Å². The maximum atomic E-state index is 12.8. The fraction of sp³-hybridized carbons (Fsp3) is 0.933. The number of nitrogens with one attached hydrogen (secondary N) is 1. The molecule has 0 aromatic rings. The molecule has 278 valence electrons. The molecule has 48 heavy (non-hydrogen) atoms. The Balaban J connectivity index is 1.08. The van der Waals surface area contributed by atoms with Crippen LogP contribution in [0.15, 0.2) is 11.6 Å². The quantitative estimate of drug-likeness (QED) is 0.0669. The summed E-state index contributed by atoms with van der Waals surface area (Å²) in [6.45, 7) is 17.0. The molecule has 1 N–H and O–H groups in total. The van der Waals surface area contributed by atoms with Gasteiger partial charge < -0.3 is 10.1 Å². The lowest BCUT2D eigenvalue weighted by molar-refractivity contribution is -0.151. The molecule has 3 nitrogen and oxygen atoms in total. The molecule has 4 rings (SSSR count). The van der Waals surface area contributed by atoms with Gasteiger partial charge in [0.15, 0.2) is 0 Å². The highest BCUT2D eigenvalue weighted by molar-refractivity contribution is 5.69. The molecule has 3 fully saturated rings. The van der Waals surface area contributed by atoms with Gasteiger partial charge in [0.1, 0.15) is 6.10 Å². The van der Waals surface area contributed by atoms with Crippen LogP contribution >= 0.6 is 0 Å². The van der Waals surface area contributed by atoms with Crippen molar-refractivity contribution in [1.82, 2.24) is 5.32 Å². The molecule has 0 unspecified atom stereocenters. The van der Waals surface area contributed by atoms with Gasteiger partial charge in [0, 0.05) is 12.8 Å². The first kappa shape index (κ1) is 39.9.